The van der Waals surface area contributed by atoms with Gasteiger partial charge in [0.15, 0.2) is 0 Å². The summed E-state index contributed by atoms with van der Waals surface area (Å²) in [6.07, 6.45) is 10.5. The lowest BCUT2D eigenvalue weighted by atomic mass is 9.99. The molecule has 0 bridgehead atoms. The van der Waals surface area contributed by atoms with Gasteiger partial charge in [-0.1, -0.05) is 25.7 Å². The maximum absolute atomic E-state index is 11.9. The molecular formula is C12H19N3O. The number of imidazole rings is 1. The van der Waals surface area contributed by atoms with Crippen LogP contribution in [0, 0.1) is 5.92 Å². The van der Waals surface area contributed by atoms with Gasteiger partial charge in [0.05, 0.1) is 6.54 Å². The number of aromatic amines is 1. The van der Waals surface area contributed by atoms with Crippen LogP contribution in [0.3, 0.4) is 0 Å². The normalized spacial score (nSPS) is 18.0. The van der Waals surface area contributed by atoms with Crippen LogP contribution in [-0.2, 0) is 11.3 Å². The fourth-order valence-electron chi connectivity index (χ4n) is 2.25. The number of carbonyl (C=O) groups is 1. The Bertz CT molecular complexity index is 313. The van der Waals surface area contributed by atoms with E-state index in [9.17, 15) is 4.79 Å². The zero-order valence-corrected chi connectivity index (χ0v) is 9.54. The Morgan fingerprint density at radius 2 is 2.12 bits per heavy atom. The van der Waals surface area contributed by atoms with Crippen molar-refractivity contribution in [3.8, 4) is 0 Å². The van der Waals surface area contributed by atoms with Gasteiger partial charge >= 0.3 is 0 Å². The van der Waals surface area contributed by atoms with Crippen LogP contribution in [0.4, 0.5) is 0 Å². The van der Waals surface area contributed by atoms with Crippen molar-refractivity contribution in [1.82, 2.24) is 15.3 Å². The Balaban J connectivity index is 1.78. The Morgan fingerprint density at radius 1 is 1.38 bits per heavy atom. The third-order valence-electron chi connectivity index (χ3n) is 3.21. The van der Waals surface area contributed by atoms with Crippen molar-refractivity contribution in [1.29, 1.82) is 0 Å². The molecule has 1 heterocycles. The molecule has 2 rings (SSSR count). The van der Waals surface area contributed by atoms with E-state index < -0.39 is 0 Å². The van der Waals surface area contributed by atoms with Crippen LogP contribution in [-0.4, -0.2) is 15.9 Å². The number of nitrogens with zero attached hydrogens (tertiary/aromatic N) is 1. The van der Waals surface area contributed by atoms with Crippen LogP contribution < -0.4 is 5.32 Å². The highest BCUT2D eigenvalue weighted by Crippen LogP contribution is 2.22. The third-order valence-corrected chi connectivity index (χ3v) is 3.21. The van der Waals surface area contributed by atoms with Crippen molar-refractivity contribution < 1.29 is 4.79 Å². The van der Waals surface area contributed by atoms with Crippen molar-refractivity contribution in [2.75, 3.05) is 0 Å². The highest BCUT2D eigenvalue weighted by molar-refractivity contribution is 5.78. The summed E-state index contributed by atoms with van der Waals surface area (Å²) >= 11 is 0. The van der Waals surface area contributed by atoms with Crippen LogP contribution in [0.25, 0.3) is 0 Å². The number of nitrogens with one attached hydrogen (secondary N) is 2. The lowest BCUT2D eigenvalue weighted by molar-refractivity contribution is -0.125. The molecule has 0 atom stereocenters. The standard InChI is InChI=1S/C12H19N3O/c16-12(10-5-3-1-2-4-6-10)15-9-11-13-7-8-14-11/h7-8,10H,1-6,9H2,(H,13,14)(H,15,16). The number of hydrogen-bond donors (Lipinski definition) is 2. The average molecular weight is 221 g/mol. The average Bonchev–Trinajstić information content (AvgIpc) is 2.66. The lowest BCUT2D eigenvalue weighted by Gasteiger charge is -2.13. The zero-order chi connectivity index (χ0) is 11.2. The van der Waals surface area contributed by atoms with E-state index in [0.717, 1.165) is 18.7 Å². The van der Waals surface area contributed by atoms with Gasteiger partial charge < -0.3 is 10.3 Å². The summed E-state index contributed by atoms with van der Waals surface area (Å²) < 4.78 is 0. The first-order valence-corrected chi connectivity index (χ1v) is 6.12. The molecule has 1 saturated carbocycles. The topological polar surface area (TPSA) is 57.8 Å². The van der Waals surface area contributed by atoms with E-state index in [-0.39, 0.29) is 11.8 Å². The number of amides is 1. The maximum Gasteiger partial charge on any atom is 0.223 e. The SMILES string of the molecule is O=C(NCc1ncc[nH]1)C1CCCCCC1. The third kappa shape index (κ3) is 3.08. The quantitative estimate of drug-likeness (QED) is 0.767. The van der Waals surface area contributed by atoms with Crippen LogP contribution in [0.2, 0.25) is 0 Å². The fourth-order valence-corrected chi connectivity index (χ4v) is 2.25. The molecule has 0 radical (unpaired) electrons. The molecule has 1 aliphatic carbocycles. The van der Waals surface area contributed by atoms with Gasteiger partial charge in [-0.15, -0.1) is 0 Å². The predicted molar refractivity (Wildman–Crippen MR) is 61.6 cm³/mol. The molecule has 16 heavy (non-hydrogen) atoms. The van der Waals surface area contributed by atoms with E-state index in [1.54, 1.807) is 12.4 Å². The molecular weight excluding hydrogens is 202 g/mol. The Labute approximate surface area is 95.9 Å². The molecule has 0 unspecified atom stereocenters. The van der Waals surface area contributed by atoms with E-state index in [4.69, 9.17) is 0 Å². The van der Waals surface area contributed by atoms with Crippen molar-refractivity contribution in [3.63, 3.8) is 0 Å². The van der Waals surface area contributed by atoms with Gasteiger partial charge in [0, 0.05) is 18.3 Å². The Morgan fingerprint density at radius 3 is 2.75 bits per heavy atom. The molecule has 88 valence electrons. The van der Waals surface area contributed by atoms with Crippen molar-refractivity contribution in [3.05, 3.63) is 18.2 Å². The molecule has 0 saturated heterocycles. The summed E-state index contributed by atoms with van der Waals surface area (Å²) in [4.78, 5) is 19.0. The van der Waals surface area contributed by atoms with Crippen molar-refractivity contribution >= 4 is 5.91 Å². The molecule has 4 heteroatoms. The van der Waals surface area contributed by atoms with Gasteiger partial charge in [0.25, 0.3) is 0 Å². The monoisotopic (exact) mass is 221 g/mol. The van der Waals surface area contributed by atoms with Crippen LogP contribution in [0.5, 0.6) is 0 Å². The van der Waals surface area contributed by atoms with Crippen molar-refractivity contribution in [2.24, 2.45) is 5.92 Å². The Hall–Kier alpha value is -1.32. The second kappa shape index (κ2) is 5.68. The summed E-state index contributed by atoms with van der Waals surface area (Å²) in [5.74, 6) is 1.23. The number of hydrogen-bond acceptors (Lipinski definition) is 2. The molecule has 1 aromatic rings. The minimum Gasteiger partial charge on any atom is -0.349 e. The summed E-state index contributed by atoms with van der Waals surface area (Å²) in [7, 11) is 0. The first kappa shape index (κ1) is 11.2. The smallest absolute Gasteiger partial charge is 0.223 e. The minimum atomic E-state index is 0.193. The summed E-state index contributed by atoms with van der Waals surface area (Å²) in [5, 5.41) is 2.95. The molecule has 1 amide bonds. The van der Waals surface area contributed by atoms with Gasteiger partial charge in [0.1, 0.15) is 5.82 Å². The van der Waals surface area contributed by atoms with Gasteiger partial charge in [-0.05, 0) is 12.8 Å². The fraction of sp³-hybridized carbons (Fsp3) is 0.667. The molecule has 0 aromatic carbocycles. The van der Waals surface area contributed by atoms with E-state index in [1.165, 1.54) is 25.7 Å². The molecule has 1 aromatic heterocycles. The van der Waals surface area contributed by atoms with Gasteiger partial charge in [-0.25, -0.2) is 4.98 Å². The molecule has 4 nitrogen and oxygen atoms in total. The predicted octanol–water partition coefficient (Wildman–Crippen LogP) is 2.00. The summed E-state index contributed by atoms with van der Waals surface area (Å²) in [5.41, 5.74) is 0. The number of H-pyrrole nitrogens is 1. The number of aromatic nitrogens is 2. The largest absolute Gasteiger partial charge is 0.349 e. The second-order valence-corrected chi connectivity index (χ2v) is 4.44. The van der Waals surface area contributed by atoms with Crippen LogP contribution in [0.15, 0.2) is 12.4 Å². The molecule has 2 N–H and O–H groups in total. The lowest BCUT2D eigenvalue weighted by Crippen LogP contribution is -2.30. The van der Waals surface area contributed by atoms with Crippen LogP contribution in [0.1, 0.15) is 44.3 Å². The van der Waals surface area contributed by atoms with Crippen molar-refractivity contribution in [2.45, 2.75) is 45.1 Å². The first-order valence-electron chi connectivity index (χ1n) is 6.12. The number of carbonyl (C=O) groups excluding carboxylic acids is 1. The van der Waals surface area contributed by atoms with E-state index in [1.807, 2.05) is 0 Å². The van der Waals surface area contributed by atoms with Gasteiger partial charge in [-0.3, -0.25) is 4.79 Å². The van der Waals surface area contributed by atoms with Crippen LogP contribution >= 0.6 is 0 Å². The zero-order valence-electron chi connectivity index (χ0n) is 9.54. The highest BCUT2D eigenvalue weighted by atomic mass is 16.1. The number of rotatable bonds is 3. The van der Waals surface area contributed by atoms with E-state index >= 15 is 0 Å². The summed E-state index contributed by atoms with van der Waals surface area (Å²) in [6, 6.07) is 0. The molecule has 1 fully saturated rings. The van der Waals surface area contributed by atoms with E-state index in [0.29, 0.717) is 6.54 Å². The molecule has 1 aliphatic rings. The molecule has 0 aliphatic heterocycles. The van der Waals surface area contributed by atoms with E-state index in [2.05, 4.69) is 15.3 Å². The second-order valence-electron chi connectivity index (χ2n) is 4.44. The summed E-state index contributed by atoms with van der Waals surface area (Å²) in [6.45, 7) is 0.516. The first-order chi connectivity index (χ1) is 7.86. The van der Waals surface area contributed by atoms with Gasteiger partial charge in [-0.2, -0.15) is 0 Å². The Kier molecular flexibility index (Phi) is 3.97. The highest BCUT2D eigenvalue weighted by Gasteiger charge is 2.19. The van der Waals surface area contributed by atoms with Gasteiger partial charge in [0.2, 0.25) is 5.91 Å². The maximum atomic E-state index is 11.9. The molecule has 0 spiro atoms. The minimum absolute atomic E-state index is 0.193.